The molecule has 0 bridgehead atoms. The van der Waals surface area contributed by atoms with Gasteiger partial charge in [-0.1, -0.05) is 33.3 Å². The smallest absolute Gasteiger partial charge is 0.391 e. The van der Waals surface area contributed by atoms with Gasteiger partial charge in [0, 0.05) is 31.8 Å². The van der Waals surface area contributed by atoms with Gasteiger partial charge in [-0.3, -0.25) is 4.79 Å². The highest BCUT2D eigenvalue weighted by atomic mass is 19.4. The molecule has 3 rings (SSSR count). The summed E-state index contributed by atoms with van der Waals surface area (Å²) in [6.07, 6.45) is 1.06. The van der Waals surface area contributed by atoms with Crippen LogP contribution < -0.4 is 10.5 Å². The largest absolute Gasteiger partial charge is 0.493 e. The molecule has 1 amide bonds. The van der Waals surface area contributed by atoms with Gasteiger partial charge in [0.2, 0.25) is 5.91 Å². The maximum Gasteiger partial charge on any atom is 0.391 e. The number of ether oxygens (including phenoxy) is 1. The fraction of sp³-hybridized carbons (Fsp3) is 0.556. The molecule has 0 saturated carbocycles. The molecule has 5 nitrogen and oxygen atoms in total. The second-order valence-electron chi connectivity index (χ2n) is 9.12. The number of carbonyl (C=O) groups excluding carboxylic acids is 1. The normalized spacial score (nSPS) is 15.2. The molecule has 194 valence electrons. The molecule has 0 spiro atoms. The molecular formula is C27H38F3N3O2. The number of aryl methyl sites for hydroxylation is 1. The number of piperidine rings is 1. The number of pyridine rings is 1. The number of carbonyl (C=O) groups is 1. The molecule has 1 fully saturated rings. The van der Waals surface area contributed by atoms with E-state index in [-0.39, 0.29) is 31.8 Å². The number of alkyl halides is 3. The van der Waals surface area contributed by atoms with E-state index in [1.54, 1.807) is 0 Å². The van der Waals surface area contributed by atoms with Gasteiger partial charge >= 0.3 is 6.18 Å². The fourth-order valence-corrected chi connectivity index (χ4v) is 3.85. The Morgan fingerprint density at radius 1 is 1.17 bits per heavy atom. The quantitative estimate of drug-likeness (QED) is 0.477. The molecule has 1 aliphatic heterocycles. The summed E-state index contributed by atoms with van der Waals surface area (Å²) in [5.41, 5.74) is 9.11. The lowest BCUT2D eigenvalue weighted by atomic mass is 9.96. The predicted octanol–water partition coefficient (Wildman–Crippen LogP) is 6.52. The van der Waals surface area contributed by atoms with E-state index in [2.05, 4.69) is 44.0 Å². The van der Waals surface area contributed by atoms with Crippen molar-refractivity contribution < 1.29 is 22.7 Å². The summed E-state index contributed by atoms with van der Waals surface area (Å²) in [6, 6.07) is 10.2. The summed E-state index contributed by atoms with van der Waals surface area (Å²) in [6.45, 7) is 9.28. The Hall–Kier alpha value is -2.77. The maximum absolute atomic E-state index is 12.2. The highest BCUT2D eigenvalue weighted by Crippen LogP contribution is 2.34. The fourth-order valence-electron chi connectivity index (χ4n) is 3.85. The number of likely N-dealkylation sites (tertiary alicyclic amines) is 1. The van der Waals surface area contributed by atoms with E-state index in [1.807, 2.05) is 18.3 Å². The molecule has 1 aromatic carbocycles. The molecular weight excluding hydrogens is 455 g/mol. The summed E-state index contributed by atoms with van der Waals surface area (Å²) in [7, 11) is 0. The van der Waals surface area contributed by atoms with Crippen molar-refractivity contribution >= 4 is 11.7 Å². The van der Waals surface area contributed by atoms with Crippen LogP contribution in [0.2, 0.25) is 0 Å². The van der Waals surface area contributed by atoms with E-state index in [9.17, 15) is 18.0 Å². The molecule has 8 heteroatoms. The van der Waals surface area contributed by atoms with Crippen molar-refractivity contribution in [3.05, 3.63) is 42.1 Å². The van der Waals surface area contributed by atoms with Gasteiger partial charge in [0.05, 0.1) is 12.5 Å². The molecule has 1 atom stereocenters. The standard InChI is InChI=1S/C19H26N2O.C8H12F3NO/c1-4-14(3)10-11-22-18-8-6-16(12-15(18)5-2)17-7-9-19(20)21-13-17;1-6(13)12-4-2-7(3-5-12)8(9,10)11/h6-9,12-14H,4-5,10-11H2,1-3H3,(H2,20,21);7H,2-5H2,1H3. The van der Waals surface area contributed by atoms with E-state index in [1.165, 1.54) is 23.8 Å². The van der Waals surface area contributed by atoms with Gasteiger partial charge in [-0.15, -0.1) is 0 Å². The number of nitrogens with zero attached hydrogens (tertiary/aromatic N) is 2. The number of rotatable bonds is 7. The number of aromatic nitrogens is 1. The van der Waals surface area contributed by atoms with Crippen molar-refractivity contribution in [2.75, 3.05) is 25.4 Å². The molecule has 35 heavy (non-hydrogen) atoms. The zero-order chi connectivity index (χ0) is 26.0. The van der Waals surface area contributed by atoms with Crippen LogP contribution in [0.5, 0.6) is 5.75 Å². The first-order valence-corrected chi connectivity index (χ1v) is 12.3. The van der Waals surface area contributed by atoms with Crippen molar-refractivity contribution in [1.29, 1.82) is 0 Å². The topological polar surface area (TPSA) is 68.5 Å². The van der Waals surface area contributed by atoms with Crippen LogP contribution in [0, 0.1) is 11.8 Å². The summed E-state index contributed by atoms with van der Waals surface area (Å²) < 4.78 is 42.5. The first kappa shape index (κ1) is 28.5. The first-order chi connectivity index (χ1) is 16.5. The van der Waals surface area contributed by atoms with Gasteiger partial charge in [-0.25, -0.2) is 4.98 Å². The number of nitrogens with two attached hydrogens (primary N) is 1. The van der Waals surface area contributed by atoms with Crippen molar-refractivity contribution in [2.24, 2.45) is 11.8 Å². The molecule has 0 radical (unpaired) electrons. The molecule has 0 aliphatic carbocycles. The minimum Gasteiger partial charge on any atom is -0.493 e. The van der Waals surface area contributed by atoms with E-state index in [0.717, 1.165) is 36.3 Å². The molecule has 1 saturated heterocycles. The maximum atomic E-state index is 12.2. The van der Waals surface area contributed by atoms with Crippen LogP contribution in [0.1, 0.15) is 58.9 Å². The van der Waals surface area contributed by atoms with Gasteiger partial charge in [0.25, 0.3) is 0 Å². The minimum atomic E-state index is -4.09. The monoisotopic (exact) mass is 493 g/mol. The molecule has 2 heterocycles. The van der Waals surface area contributed by atoms with Crippen molar-refractivity contribution in [1.82, 2.24) is 9.88 Å². The first-order valence-electron chi connectivity index (χ1n) is 12.3. The number of benzene rings is 1. The lowest BCUT2D eigenvalue weighted by Gasteiger charge is -2.32. The number of amides is 1. The zero-order valence-electron chi connectivity index (χ0n) is 21.2. The van der Waals surface area contributed by atoms with Gasteiger partial charge in [0.1, 0.15) is 11.6 Å². The number of hydrogen-bond acceptors (Lipinski definition) is 4. The lowest BCUT2D eigenvalue weighted by Crippen LogP contribution is -2.41. The second-order valence-corrected chi connectivity index (χ2v) is 9.12. The minimum absolute atomic E-state index is 0.0447. The average Bonchev–Trinajstić information content (AvgIpc) is 2.84. The van der Waals surface area contributed by atoms with Gasteiger partial charge in [-0.2, -0.15) is 13.2 Å². The molecule has 1 unspecified atom stereocenters. The van der Waals surface area contributed by atoms with Crippen LogP contribution in [0.25, 0.3) is 11.1 Å². The summed E-state index contributed by atoms with van der Waals surface area (Å²) in [5, 5.41) is 0. The van der Waals surface area contributed by atoms with Crippen molar-refractivity contribution in [2.45, 2.75) is 66.0 Å². The summed E-state index contributed by atoms with van der Waals surface area (Å²) in [4.78, 5) is 16.4. The Labute approximate surface area is 206 Å². The molecule has 2 N–H and O–H groups in total. The Morgan fingerprint density at radius 2 is 1.83 bits per heavy atom. The highest BCUT2D eigenvalue weighted by Gasteiger charge is 2.41. The Morgan fingerprint density at radius 3 is 2.34 bits per heavy atom. The van der Waals surface area contributed by atoms with Gasteiger partial charge in [-0.05, 0) is 67.0 Å². The van der Waals surface area contributed by atoms with E-state index in [0.29, 0.717) is 11.7 Å². The third-order valence-corrected chi connectivity index (χ3v) is 6.53. The van der Waals surface area contributed by atoms with Gasteiger partial charge in [0.15, 0.2) is 0 Å². The Bertz CT molecular complexity index is 924. The van der Waals surface area contributed by atoms with Crippen molar-refractivity contribution in [3.63, 3.8) is 0 Å². The van der Waals surface area contributed by atoms with E-state index >= 15 is 0 Å². The number of hydrogen-bond donors (Lipinski definition) is 1. The predicted molar refractivity (Wildman–Crippen MR) is 134 cm³/mol. The number of halogens is 3. The third-order valence-electron chi connectivity index (χ3n) is 6.53. The summed E-state index contributed by atoms with van der Waals surface area (Å²) >= 11 is 0. The Balaban J connectivity index is 0.000000283. The average molecular weight is 494 g/mol. The number of anilines is 1. The Kier molecular flexibility index (Phi) is 10.9. The van der Waals surface area contributed by atoms with Crippen molar-refractivity contribution in [3.8, 4) is 16.9 Å². The number of nitrogen functional groups attached to an aromatic ring is 1. The van der Waals surface area contributed by atoms with Crippen LogP contribution in [0.15, 0.2) is 36.5 Å². The second kappa shape index (κ2) is 13.4. The lowest BCUT2D eigenvalue weighted by molar-refractivity contribution is -0.186. The van der Waals surface area contributed by atoms with E-state index in [4.69, 9.17) is 10.5 Å². The van der Waals surface area contributed by atoms with Crippen LogP contribution in [0.4, 0.5) is 19.0 Å². The molecule has 1 aromatic heterocycles. The van der Waals surface area contributed by atoms with Crippen LogP contribution in [0.3, 0.4) is 0 Å². The van der Waals surface area contributed by atoms with Gasteiger partial charge < -0.3 is 15.4 Å². The highest BCUT2D eigenvalue weighted by molar-refractivity contribution is 5.73. The van der Waals surface area contributed by atoms with Crippen LogP contribution >= 0.6 is 0 Å². The summed E-state index contributed by atoms with van der Waals surface area (Å²) in [5.74, 6) is 0.899. The van der Waals surface area contributed by atoms with E-state index < -0.39 is 12.1 Å². The SMILES string of the molecule is CC(=O)N1CCC(C(F)(F)F)CC1.CCc1cc(-c2ccc(N)nc2)ccc1OCCC(C)CC. The molecule has 2 aromatic rings. The third kappa shape index (κ3) is 9.07. The van der Waals surface area contributed by atoms with Crippen LogP contribution in [-0.2, 0) is 11.2 Å². The van der Waals surface area contributed by atoms with Crippen LogP contribution in [-0.4, -0.2) is 41.7 Å². The molecule has 1 aliphatic rings. The zero-order valence-corrected chi connectivity index (χ0v) is 21.2.